The maximum atomic E-state index is 11.8. The largest absolute Gasteiger partial charge is 0.507 e. The van der Waals surface area contributed by atoms with Crippen molar-refractivity contribution in [3.63, 3.8) is 0 Å². The summed E-state index contributed by atoms with van der Waals surface area (Å²) in [6.07, 6.45) is 2.06. The zero-order chi connectivity index (χ0) is 22.0. The van der Waals surface area contributed by atoms with E-state index in [-0.39, 0.29) is 17.7 Å². The molecule has 7 heteroatoms. The van der Waals surface area contributed by atoms with Crippen molar-refractivity contribution >= 4 is 11.6 Å². The van der Waals surface area contributed by atoms with E-state index < -0.39 is 5.66 Å². The van der Waals surface area contributed by atoms with Crippen LogP contribution in [0.1, 0.15) is 43.4 Å². The summed E-state index contributed by atoms with van der Waals surface area (Å²) in [6.45, 7) is 2.91. The van der Waals surface area contributed by atoms with Crippen LogP contribution in [0.2, 0.25) is 0 Å². The highest BCUT2D eigenvalue weighted by Gasteiger charge is 2.41. The van der Waals surface area contributed by atoms with Gasteiger partial charge in [-0.25, -0.2) is 0 Å². The normalized spacial score (nSPS) is 20.3. The number of benzene rings is 2. The van der Waals surface area contributed by atoms with Crippen molar-refractivity contribution in [2.75, 3.05) is 27.3 Å². The Hall–Kier alpha value is -3.06. The molecule has 1 fully saturated rings. The van der Waals surface area contributed by atoms with Gasteiger partial charge < -0.3 is 19.5 Å². The van der Waals surface area contributed by atoms with Gasteiger partial charge in [-0.05, 0) is 29.8 Å². The SMILES string of the molecule is COc1ccc(C2CC(c3ccccc3O)=NC3(CCN(C(C)=O)CC3)N2)cc1OC. The second-order valence-electron chi connectivity index (χ2n) is 8.13. The van der Waals surface area contributed by atoms with Gasteiger partial charge in [0.2, 0.25) is 5.91 Å². The molecule has 0 bridgehead atoms. The van der Waals surface area contributed by atoms with E-state index in [1.54, 1.807) is 27.2 Å². The van der Waals surface area contributed by atoms with Gasteiger partial charge in [0.15, 0.2) is 11.5 Å². The number of nitrogens with one attached hydrogen (secondary N) is 1. The number of likely N-dealkylation sites (tertiary alicyclic amines) is 1. The summed E-state index contributed by atoms with van der Waals surface area (Å²) >= 11 is 0. The average Bonchev–Trinajstić information content (AvgIpc) is 2.78. The Morgan fingerprint density at radius 2 is 1.84 bits per heavy atom. The molecule has 2 aliphatic heterocycles. The lowest BCUT2D eigenvalue weighted by molar-refractivity contribution is -0.130. The first-order valence-corrected chi connectivity index (χ1v) is 10.6. The summed E-state index contributed by atoms with van der Waals surface area (Å²) in [6, 6.07) is 13.2. The molecule has 2 aromatic carbocycles. The quantitative estimate of drug-likeness (QED) is 0.789. The van der Waals surface area contributed by atoms with Crippen molar-refractivity contribution in [1.29, 1.82) is 0 Å². The molecule has 2 aliphatic rings. The minimum atomic E-state index is -0.486. The number of carbonyl (C=O) groups is 1. The van der Waals surface area contributed by atoms with Gasteiger partial charge in [0.25, 0.3) is 0 Å². The lowest BCUT2D eigenvalue weighted by Crippen LogP contribution is -2.56. The number of methoxy groups -OCH3 is 2. The molecular formula is C24H29N3O4. The molecule has 2 N–H and O–H groups in total. The van der Waals surface area contributed by atoms with Crippen LogP contribution < -0.4 is 14.8 Å². The number of aliphatic imine (C=N–C) groups is 1. The van der Waals surface area contributed by atoms with E-state index in [1.807, 2.05) is 41.3 Å². The smallest absolute Gasteiger partial charge is 0.219 e. The standard InChI is InChI=1S/C24H29N3O4/c1-16(28)27-12-10-24(11-13-27)25-19(17-8-9-22(30-2)23(14-17)31-3)15-20(26-24)18-6-4-5-7-21(18)29/h4-9,14,19,25,29H,10-13,15H2,1-3H3. The van der Waals surface area contributed by atoms with Gasteiger partial charge in [0.05, 0.1) is 14.2 Å². The molecule has 0 aromatic heterocycles. The number of carbonyl (C=O) groups excluding carboxylic acids is 1. The van der Waals surface area contributed by atoms with E-state index in [2.05, 4.69) is 5.32 Å². The number of piperidine rings is 1. The van der Waals surface area contributed by atoms with Gasteiger partial charge in [0.1, 0.15) is 11.4 Å². The van der Waals surface area contributed by atoms with Gasteiger partial charge in [0, 0.05) is 56.6 Å². The van der Waals surface area contributed by atoms with E-state index in [1.165, 1.54) is 0 Å². The number of phenols is 1. The third-order valence-corrected chi connectivity index (χ3v) is 6.25. The lowest BCUT2D eigenvalue weighted by atomic mass is 9.87. The summed E-state index contributed by atoms with van der Waals surface area (Å²) in [5.74, 6) is 1.67. The number of phenolic OH excluding ortho intramolecular Hbond substituents is 1. The summed E-state index contributed by atoms with van der Waals surface area (Å²) < 4.78 is 10.9. The highest BCUT2D eigenvalue weighted by atomic mass is 16.5. The fourth-order valence-electron chi connectivity index (χ4n) is 4.51. The maximum absolute atomic E-state index is 11.8. The van der Waals surface area contributed by atoms with Crippen LogP contribution in [0.5, 0.6) is 17.2 Å². The summed E-state index contributed by atoms with van der Waals surface area (Å²) in [4.78, 5) is 18.8. The van der Waals surface area contributed by atoms with Crippen molar-refractivity contribution in [2.24, 2.45) is 4.99 Å². The number of rotatable bonds is 4. The van der Waals surface area contributed by atoms with Gasteiger partial charge in [-0.15, -0.1) is 0 Å². The van der Waals surface area contributed by atoms with E-state index >= 15 is 0 Å². The summed E-state index contributed by atoms with van der Waals surface area (Å²) in [5, 5.41) is 14.2. The highest BCUT2D eigenvalue weighted by Crippen LogP contribution is 2.38. The van der Waals surface area contributed by atoms with Crippen LogP contribution in [-0.4, -0.2) is 54.6 Å². The molecule has 7 nitrogen and oxygen atoms in total. The number of amides is 1. The van der Waals surface area contributed by atoms with E-state index in [0.29, 0.717) is 43.9 Å². The number of ether oxygens (including phenoxy) is 2. The van der Waals surface area contributed by atoms with Crippen LogP contribution in [0, 0.1) is 0 Å². The number of aromatic hydroxyl groups is 1. The fraction of sp³-hybridized carbons (Fsp3) is 0.417. The van der Waals surface area contributed by atoms with Crippen molar-refractivity contribution < 1.29 is 19.4 Å². The topological polar surface area (TPSA) is 83.4 Å². The van der Waals surface area contributed by atoms with Crippen LogP contribution in [0.15, 0.2) is 47.5 Å². The molecule has 2 heterocycles. The predicted octanol–water partition coefficient (Wildman–Crippen LogP) is 3.27. The number of hydrogen-bond acceptors (Lipinski definition) is 6. The summed E-state index contributed by atoms with van der Waals surface area (Å²) in [5.41, 5.74) is 2.20. The van der Waals surface area contributed by atoms with Crippen molar-refractivity contribution in [2.45, 2.75) is 37.9 Å². The Balaban J connectivity index is 1.72. The number of hydrogen-bond donors (Lipinski definition) is 2. The molecule has 164 valence electrons. The van der Waals surface area contributed by atoms with Crippen LogP contribution in [0.25, 0.3) is 0 Å². The third kappa shape index (κ3) is 4.23. The molecule has 1 atom stereocenters. The molecular weight excluding hydrogens is 394 g/mol. The Bertz CT molecular complexity index is 996. The average molecular weight is 424 g/mol. The highest BCUT2D eigenvalue weighted by molar-refractivity contribution is 6.03. The lowest BCUT2D eigenvalue weighted by Gasteiger charge is -2.45. The molecule has 1 spiro atoms. The first kappa shape index (κ1) is 21.2. The Kier molecular flexibility index (Phi) is 5.87. The first-order valence-electron chi connectivity index (χ1n) is 10.6. The van der Waals surface area contributed by atoms with Crippen molar-refractivity contribution in [1.82, 2.24) is 10.2 Å². The summed E-state index contributed by atoms with van der Waals surface area (Å²) in [7, 11) is 3.25. The van der Waals surface area contributed by atoms with E-state index in [4.69, 9.17) is 14.5 Å². The van der Waals surface area contributed by atoms with Crippen molar-refractivity contribution in [3.8, 4) is 17.2 Å². The van der Waals surface area contributed by atoms with Crippen LogP contribution in [-0.2, 0) is 4.79 Å². The van der Waals surface area contributed by atoms with Gasteiger partial charge in [-0.3, -0.25) is 15.1 Å². The van der Waals surface area contributed by atoms with Gasteiger partial charge in [-0.2, -0.15) is 0 Å². The number of para-hydroxylation sites is 1. The minimum Gasteiger partial charge on any atom is -0.507 e. The predicted molar refractivity (Wildman–Crippen MR) is 119 cm³/mol. The molecule has 0 radical (unpaired) electrons. The maximum Gasteiger partial charge on any atom is 0.219 e. The molecule has 0 saturated carbocycles. The Morgan fingerprint density at radius 1 is 1.13 bits per heavy atom. The molecule has 0 aliphatic carbocycles. The van der Waals surface area contributed by atoms with Crippen LogP contribution in [0.3, 0.4) is 0 Å². The second kappa shape index (κ2) is 8.59. The minimum absolute atomic E-state index is 0.0178. The zero-order valence-electron chi connectivity index (χ0n) is 18.2. The second-order valence-corrected chi connectivity index (χ2v) is 8.13. The first-order chi connectivity index (χ1) is 14.9. The molecule has 1 amide bonds. The molecule has 4 rings (SSSR count). The molecule has 31 heavy (non-hydrogen) atoms. The molecule has 1 unspecified atom stereocenters. The van der Waals surface area contributed by atoms with E-state index in [0.717, 1.165) is 16.8 Å². The van der Waals surface area contributed by atoms with E-state index in [9.17, 15) is 9.90 Å². The van der Waals surface area contributed by atoms with Gasteiger partial charge >= 0.3 is 0 Å². The van der Waals surface area contributed by atoms with Crippen molar-refractivity contribution in [3.05, 3.63) is 53.6 Å². The van der Waals surface area contributed by atoms with Crippen LogP contribution >= 0.6 is 0 Å². The molecule has 2 aromatic rings. The number of nitrogens with zero attached hydrogens (tertiary/aromatic N) is 2. The van der Waals surface area contributed by atoms with Gasteiger partial charge in [-0.1, -0.05) is 18.2 Å². The molecule has 1 saturated heterocycles. The monoisotopic (exact) mass is 423 g/mol. The third-order valence-electron chi connectivity index (χ3n) is 6.25. The Morgan fingerprint density at radius 3 is 2.48 bits per heavy atom. The fourth-order valence-corrected chi connectivity index (χ4v) is 4.51. The zero-order valence-corrected chi connectivity index (χ0v) is 18.2. The Labute approximate surface area is 182 Å². The van der Waals surface area contributed by atoms with Crippen LogP contribution in [0.4, 0.5) is 0 Å².